The number of aromatic nitrogens is 2. The average molecular weight is 278 g/mol. The van der Waals surface area contributed by atoms with E-state index in [9.17, 15) is 9.59 Å². The van der Waals surface area contributed by atoms with Crippen molar-refractivity contribution in [2.45, 2.75) is 58.1 Å². The van der Waals surface area contributed by atoms with E-state index in [1.54, 1.807) is 12.4 Å². The zero-order valence-electron chi connectivity index (χ0n) is 12.3. The van der Waals surface area contributed by atoms with Gasteiger partial charge >= 0.3 is 5.97 Å². The maximum atomic E-state index is 11.9. The lowest BCUT2D eigenvalue weighted by molar-refractivity contribution is -0.112. The van der Waals surface area contributed by atoms with Crippen LogP contribution in [0, 0.1) is 5.92 Å². The lowest BCUT2D eigenvalue weighted by Crippen LogP contribution is -2.23. The first-order valence-corrected chi connectivity index (χ1v) is 7.12. The van der Waals surface area contributed by atoms with E-state index in [1.165, 1.54) is 0 Å². The van der Waals surface area contributed by atoms with Crippen LogP contribution in [0.15, 0.2) is 12.4 Å². The molecule has 0 aliphatic heterocycles. The van der Waals surface area contributed by atoms with Gasteiger partial charge in [0.1, 0.15) is 11.9 Å². The first-order chi connectivity index (χ1) is 9.39. The third-order valence-electron chi connectivity index (χ3n) is 3.54. The number of carbonyl (C=O) groups excluding carboxylic acids is 2. The van der Waals surface area contributed by atoms with Crippen molar-refractivity contribution in [2.75, 3.05) is 0 Å². The Labute approximate surface area is 119 Å². The molecule has 0 unspecified atom stereocenters. The van der Waals surface area contributed by atoms with Gasteiger partial charge in [-0.15, -0.1) is 0 Å². The summed E-state index contributed by atoms with van der Waals surface area (Å²) in [5, 5.41) is 4.27. The summed E-state index contributed by atoms with van der Waals surface area (Å²) in [6.45, 7) is 5.53. The summed E-state index contributed by atoms with van der Waals surface area (Å²) >= 11 is 0. The van der Waals surface area contributed by atoms with Gasteiger partial charge in [0.25, 0.3) is 0 Å². The van der Waals surface area contributed by atoms with Gasteiger partial charge in [0.15, 0.2) is 0 Å². The second-order valence-corrected chi connectivity index (χ2v) is 6.42. The molecule has 20 heavy (non-hydrogen) atoms. The summed E-state index contributed by atoms with van der Waals surface area (Å²) < 4.78 is 7.15. The van der Waals surface area contributed by atoms with Crippen LogP contribution in [0.5, 0.6) is 0 Å². The minimum absolute atomic E-state index is 0.187. The quantitative estimate of drug-likeness (QED) is 0.630. The SMILES string of the molecule is CC(C)(C)OC(=O)c1cnn(C2CCC(C=O)CC2)c1. The van der Waals surface area contributed by atoms with Crippen LogP contribution < -0.4 is 0 Å². The molecule has 0 radical (unpaired) electrons. The van der Waals surface area contributed by atoms with Gasteiger partial charge in [-0.1, -0.05) is 0 Å². The van der Waals surface area contributed by atoms with Crippen molar-refractivity contribution in [3.05, 3.63) is 18.0 Å². The Bertz CT molecular complexity index is 480. The summed E-state index contributed by atoms with van der Waals surface area (Å²) in [5.74, 6) is -0.155. The van der Waals surface area contributed by atoms with Gasteiger partial charge in [-0.05, 0) is 46.5 Å². The number of nitrogens with zero attached hydrogens (tertiary/aromatic N) is 2. The Morgan fingerprint density at radius 3 is 2.55 bits per heavy atom. The van der Waals surface area contributed by atoms with Gasteiger partial charge in [0.05, 0.1) is 17.8 Å². The molecule has 5 nitrogen and oxygen atoms in total. The predicted molar refractivity (Wildman–Crippen MR) is 74.5 cm³/mol. The van der Waals surface area contributed by atoms with Gasteiger partial charge < -0.3 is 9.53 Å². The number of aldehydes is 1. The molecule has 1 aliphatic rings. The van der Waals surface area contributed by atoms with Crippen molar-refractivity contribution in [1.29, 1.82) is 0 Å². The van der Waals surface area contributed by atoms with E-state index >= 15 is 0 Å². The molecule has 0 atom stereocenters. The third-order valence-corrected chi connectivity index (χ3v) is 3.54. The van der Waals surface area contributed by atoms with Gasteiger partial charge in [-0.25, -0.2) is 4.79 Å². The lowest BCUT2D eigenvalue weighted by atomic mass is 9.87. The van der Waals surface area contributed by atoms with E-state index in [0.717, 1.165) is 32.0 Å². The average Bonchev–Trinajstić information content (AvgIpc) is 2.86. The van der Waals surface area contributed by atoms with Gasteiger partial charge in [0.2, 0.25) is 0 Å². The highest BCUT2D eigenvalue weighted by atomic mass is 16.6. The Morgan fingerprint density at radius 2 is 2.00 bits per heavy atom. The molecule has 0 spiro atoms. The Kier molecular flexibility index (Phi) is 4.26. The van der Waals surface area contributed by atoms with Crippen LogP contribution in [0.4, 0.5) is 0 Å². The second-order valence-electron chi connectivity index (χ2n) is 6.42. The van der Waals surface area contributed by atoms with Crippen LogP contribution in [0.25, 0.3) is 0 Å². The second kappa shape index (κ2) is 5.77. The smallest absolute Gasteiger partial charge is 0.341 e. The number of hydrogen-bond donors (Lipinski definition) is 0. The Balaban J connectivity index is 1.99. The monoisotopic (exact) mass is 278 g/mol. The molecule has 1 heterocycles. The van der Waals surface area contributed by atoms with Crippen LogP contribution in [0.1, 0.15) is 62.9 Å². The van der Waals surface area contributed by atoms with Gasteiger partial charge in [-0.3, -0.25) is 4.68 Å². The largest absolute Gasteiger partial charge is 0.456 e. The number of hydrogen-bond acceptors (Lipinski definition) is 4. The first-order valence-electron chi connectivity index (χ1n) is 7.12. The van der Waals surface area contributed by atoms with Crippen molar-refractivity contribution in [3.8, 4) is 0 Å². The van der Waals surface area contributed by atoms with Gasteiger partial charge in [0, 0.05) is 12.1 Å². The standard InChI is InChI=1S/C15H22N2O3/c1-15(2,3)20-14(19)12-8-16-17(9-12)13-6-4-11(10-18)5-7-13/h8-11,13H,4-7H2,1-3H3. The summed E-state index contributed by atoms with van der Waals surface area (Å²) in [4.78, 5) is 22.7. The number of esters is 1. The maximum Gasteiger partial charge on any atom is 0.341 e. The molecular weight excluding hydrogens is 256 g/mol. The van der Waals surface area contributed by atoms with E-state index in [0.29, 0.717) is 5.56 Å². The molecule has 1 aliphatic carbocycles. The highest BCUT2D eigenvalue weighted by Gasteiger charge is 2.24. The molecule has 110 valence electrons. The van der Waals surface area contributed by atoms with E-state index in [-0.39, 0.29) is 17.9 Å². The number of carbonyl (C=O) groups is 2. The van der Waals surface area contributed by atoms with Crippen LogP contribution in [0.3, 0.4) is 0 Å². The van der Waals surface area contributed by atoms with Crippen molar-refractivity contribution in [3.63, 3.8) is 0 Å². The molecule has 0 aromatic carbocycles. The van der Waals surface area contributed by atoms with Crippen molar-refractivity contribution >= 4 is 12.3 Å². The molecule has 0 N–H and O–H groups in total. The summed E-state index contributed by atoms with van der Waals surface area (Å²) in [6, 6.07) is 0.280. The van der Waals surface area contributed by atoms with Crippen LogP contribution >= 0.6 is 0 Å². The molecular formula is C15H22N2O3. The van der Waals surface area contributed by atoms with E-state index in [4.69, 9.17) is 4.74 Å². The molecule has 0 saturated heterocycles. The molecule has 1 fully saturated rings. The molecule has 1 aromatic rings. The zero-order chi connectivity index (χ0) is 14.8. The Morgan fingerprint density at radius 1 is 1.35 bits per heavy atom. The topological polar surface area (TPSA) is 61.2 Å². The minimum atomic E-state index is -0.499. The van der Waals surface area contributed by atoms with Crippen molar-refractivity contribution in [1.82, 2.24) is 9.78 Å². The number of ether oxygens (including phenoxy) is 1. The number of rotatable bonds is 3. The summed E-state index contributed by atoms with van der Waals surface area (Å²) in [6.07, 6.45) is 8.01. The van der Waals surface area contributed by atoms with Crippen molar-refractivity contribution in [2.24, 2.45) is 5.92 Å². The Hall–Kier alpha value is -1.65. The minimum Gasteiger partial charge on any atom is -0.456 e. The zero-order valence-corrected chi connectivity index (χ0v) is 12.3. The molecule has 5 heteroatoms. The molecule has 1 saturated carbocycles. The molecule has 0 amide bonds. The van der Waals surface area contributed by atoms with Gasteiger partial charge in [-0.2, -0.15) is 5.10 Å². The predicted octanol–water partition coefficient (Wildman–Crippen LogP) is 2.77. The van der Waals surface area contributed by atoms with E-state index in [1.807, 2.05) is 25.5 Å². The normalized spacial score (nSPS) is 23.4. The summed E-state index contributed by atoms with van der Waals surface area (Å²) in [5.41, 5.74) is -0.0151. The van der Waals surface area contributed by atoms with E-state index < -0.39 is 5.60 Å². The highest BCUT2D eigenvalue weighted by Crippen LogP contribution is 2.30. The highest BCUT2D eigenvalue weighted by molar-refractivity contribution is 5.89. The molecule has 2 rings (SSSR count). The van der Waals surface area contributed by atoms with Crippen LogP contribution in [-0.4, -0.2) is 27.6 Å². The fourth-order valence-corrected chi connectivity index (χ4v) is 2.48. The van der Waals surface area contributed by atoms with E-state index in [2.05, 4.69) is 5.10 Å². The third kappa shape index (κ3) is 3.68. The molecule has 0 bridgehead atoms. The van der Waals surface area contributed by atoms with Crippen LogP contribution in [-0.2, 0) is 9.53 Å². The summed E-state index contributed by atoms with van der Waals surface area (Å²) in [7, 11) is 0. The lowest BCUT2D eigenvalue weighted by Gasteiger charge is -2.25. The fraction of sp³-hybridized carbons (Fsp3) is 0.667. The maximum absolute atomic E-state index is 11.9. The fourth-order valence-electron chi connectivity index (χ4n) is 2.48. The van der Waals surface area contributed by atoms with Crippen molar-refractivity contribution < 1.29 is 14.3 Å². The molecule has 1 aromatic heterocycles. The first kappa shape index (κ1) is 14.8. The van der Waals surface area contributed by atoms with Crippen LogP contribution in [0.2, 0.25) is 0 Å².